The van der Waals surface area contributed by atoms with Gasteiger partial charge in [-0.15, -0.1) is 0 Å². The molecule has 2 fully saturated rings. The first-order chi connectivity index (χ1) is 9.20. The average Bonchev–Trinajstić information content (AvgIpc) is 2.94. The molecular weight excluding hydrogens is 240 g/mol. The molecule has 0 aliphatic heterocycles. The van der Waals surface area contributed by atoms with Crippen molar-refractivity contribution < 1.29 is 4.79 Å². The Bertz CT molecular complexity index is 444. The summed E-state index contributed by atoms with van der Waals surface area (Å²) >= 11 is 0. The molecule has 0 bridgehead atoms. The standard InChI is InChI=1S/C14H22N4O/c15-13-8-12(17-18-13)10-6-11(7-10)16-14(19)5-9-3-1-2-4-9/h8-11H,1-7H2,(H,16,19)(H3,15,17,18)/t10-,11+. The number of hydrogen-bond donors (Lipinski definition) is 3. The zero-order valence-corrected chi connectivity index (χ0v) is 11.2. The van der Waals surface area contributed by atoms with Gasteiger partial charge in [0.25, 0.3) is 0 Å². The third-order valence-electron chi connectivity index (χ3n) is 4.49. The third-order valence-corrected chi connectivity index (χ3v) is 4.49. The summed E-state index contributed by atoms with van der Waals surface area (Å²) in [5, 5.41) is 10.1. The third kappa shape index (κ3) is 2.91. The zero-order valence-electron chi connectivity index (χ0n) is 11.2. The lowest BCUT2D eigenvalue weighted by molar-refractivity contribution is -0.123. The van der Waals surface area contributed by atoms with Gasteiger partial charge in [-0.1, -0.05) is 12.8 Å². The highest BCUT2D eigenvalue weighted by Crippen LogP contribution is 2.36. The van der Waals surface area contributed by atoms with Crippen LogP contribution in [0.2, 0.25) is 0 Å². The summed E-state index contributed by atoms with van der Waals surface area (Å²) in [6, 6.07) is 2.22. The number of amides is 1. The predicted octanol–water partition coefficient (Wildman–Crippen LogP) is 1.93. The summed E-state index contributed by atoms with van der Waals surface area (Å²) in [6.07, 6.45) is 7.74. The minimum atomic E-state index is 0.233. The normalized spacial score (nSPS) is 27.2. The van der Waals surface area contributed by atoms with Crippen molar-refractivity contribution in [2.24, 2.45) is 5.92 Å². The molecule has 0 aromatic carbocycles. The summed E-state index contributed by atoms with van der Waals surface area (Å²) in [7, 11) is 0. The fourth-order valence-electron chi connectivity index (χ4n) is 3.30. The van der Waals surface area contributed by atoms with E-state index in [-0.39, 0.29) is 5.91 Å². The molecule has 5 nitrogen and oxygen atoms in total. The van der Waals surface area contributed by atoms with E-state index in [1.165, 1.54) is 25.7 Å². The second-order valence-corrected chi connectivity index (χ2v) is 6.04. The number of H-pyrrole nitrogens is 1. The van der Waals surface area contributed by atoms with Crippen LogP contribution in [0.4, 0.5) is 5.82 Å². The van der Waals surface area contributed by atoms with Crippen molar-refractivity contribution >= 4 is 11.7 Å². The van der Waals surface area contributed by atoms with E-state index in [2.05, 4.69) is 15.5 Å². The van der Waals surface area contributed by atoms with E-state index >= 15 is 0 Å². The fraction of sp³-hybridized carbons (Fsp3) is 0.714. The molecule has 0 spiro atoms. The molecule has 1 heterocycles. The Morgan fingerprint density at radius 3 is 2.79 bits per heavy atom. The molecule has 3 rings (SSSR count). The van der Waals surface area contributed by atoms with Crippen LogP contribution in [0.3, 0.4) is 0 Å². The number of carbonyl (C=O) groups excluding carboxylic acids is 1. The Kier molecular flexibility index (Phi) is 3.44. The van der Waals surface area contributed by atoms with E-state index in [1.54, 1.807) is 0 Å². The number of rotatable bonds is 4. The lowest BCUT2D eigenvalue weighted by Crippen LogP contribution is -2.43. The molecule has 4 N–H and O–H groups in total. The molecule has 1 aromatic rings. The van der Waals surface area contributed by atoms with Gasteiger partial charge in [-0.3, -0.25) is 9.89 Å². The number of nitrogens with one attached hydrogen (secondary N) is 2. The summed E-state index contributed by atoms with van der Waals surface area (Å²) in [4.78, 5) is 11.9. The topological polar surface area (TPSA) is 83.8 Å². The van der Waals surface area contributed by atoms with Gasteiger partial charge >= 0.3 is 0 Å². The number of hydrogen-bond acceptors (Lipinski definition) is 3. The second kappa shape index (κ2) is 5.23. The van der Waals surface area contributed by atoms with Crippen molar-refractivity contribution in [2.45, 2.75) is 56.9 Å². The van der Waals surface area contributed by atoms with E-state index in [4.69, 9.17) is 5.73 Å². The van der Waals surface area contributed by atoms with E-state index in [9.17, 15) is 4.79 Å². The van der Waals surface area contributed by atoms with Crippen LogP contribution in [-0.2, 0) is 4.79 Å². The van der Waals surface area contributed by atoms with Crippen molar-refractivity contribution in [3.8, 4) is 0 Å². The first kappa shape index (κ1) is 12.5. The van der Waals surface area contributed by atoms with Gasteiger partial charge in [0.15, 0.2) is 0 Å². The van der Waals surface area contributed by atoms with Gasteiger partial charge in [-0.2, -0.15) is 5.10 Å². The number of aromatic nitrogens is 2. The smallest absolute Gasteiger partial charge is 0.220 e. The van der Waals surface area contributed by atoms with Crippen LogP contribution >= 0.6 is 0 Å². The molecule has 0 radical (unpaired) electrons. The summed E-state index contributed by atoms with van der Waals surface area (Å²) < 4.78 is 0. The maximum absolute atomic E-state index is 11.9. The van der Waals surface area contributed by atoms with Crippen LogP contribution in [0.25, 0.3) is 0 Å². The van der Waals surface area contributed by atoms with Gasteiger partial charge in [-0.05, 0) is 31.6 Å². The van der Waals surface area contributed by atoms with Crippen molar-refractivity contribution in [1.82, 2.24) is 15.5 Å². The van der Waals surface area contributed by atoms with Crippen LogP contribution in [0, 0.1) is 5.92 Å². The molecule has 1 aromatic heterocycles. The van der Waals surface area contributed by atoms with Gasteiger partial charge in [-0.25, -0.2) is 0 Å². The van der Waals surface area contributed by atoms with E-state index in [0.717, 1.165) is 25.0 Å². The van der Waals surface area contributed by atoms with Crippen LogP contribution in [0.5, 0.6) is 0 Å². The summed E-state index contributed by atoms with van der Waals surface area (Å²) in [5.41, 5.74) is 6.64. The van der Waals surface area contributed by atoms with Crippen molar-refractivity contribution in [2.75, 3.05) is 5.73 Å². The minimum absolute atomic E-state index is 0.233. The number of nitrogens with zero attached hydrogens (tertiary/aromatic N) is 1. The number of nitrogens with two attached hydrogens (primary N) is 1. The van der Waals surface area contributed by atoms with Gasteiger partial charge in [0, 0.05) is 24.4 Å². The van der Waals surface area contributed by atoms with Crippen LogP contribution in [0.15, 0.2) is 6.07 Å². The Balaban J connectivity index is 1.40. The van der Waals surface area contributed by atoms with Gasteiger partial charge in [0.05, 0.1) is 5.69 Å². The molecule has 104 valence electrons. The molecular formula is C14H22N4O. The average molecular weight is 262 g/mol. The number of carbonyl (C=O) groups is 1. The number of aromatic amines is 1. The molecule has 0 atom stereocenters. The van der Waals surface area contributed by atoms with Crippen LogP contribution < -0.4 is 11.1 Å². The first-order valence-electron chi connectivity index (χ1n) is 7.31. The van der Waals surface area contributed by atoms with Crippen molar-refractivity contribution in [1.29, 1.82) is 0 Å². The highest BCUT2D eigenvalue weighted by molar-refractivity contribution is 5.76. The van der Waals surface area contributed by atoms with Crippen molar-refractivity contribution in [3.05, 3.63) is 11.8 Å². The summed E-state index contributed by atoms with van der Waals surface area (Å²) in [6.45, 7) is 0. The number of nitrogen functional groups attached to an aromatic ring is 1. The molecule has 1 amide bonds. The second-order valence-electron chi connectivity index (χ2n) is 6.04. The monoisotopic (exact) mass is 262 g/mol. The van der Waals surface area contributed by atoms with E-state index in [0.29, 0.717) is 23.7 Å². The first-order valence-corrected chi connectivity index (χ1v) is 7.31. The van der Waals surface area contributed by atoms with Crippen LogP contribution in [-0.4, -0.2) is 22.1 Å². The zero-order chi connectivity index (χ0) is 13.2. The molecule has 5 heteroatoms. The largest absolute Gasteiger partial charge is 0.384 e. The Morgan fingerprint density at radius 1 is 1.42 bits per heavy atom. The molecule has 2 aliphatic rings. The van der Waals surface area contributed by atoms with E-state index in [1.807, 2.05) is 6.07 Å². The van der Waals surface area contributed by atoms with Crippen LogP contribution in [0.1, 0.15) is 56.6 Å². The molecule has 19 heavy (non-hydrogen) atoms. The molecule has 2 aliphatic carbocycles. The lowest BCUT2D eigenvalue weighted by atomic mass is 9.78. The van der Waals surface area contributed by atoms with Gasteiger partial charge in [0.1, 0.15) is 5.82 Å². The minimum Gasteiger partial charge on any atom is -0.384 e. The van der Waals surface area contributed by atoms with E-state index < -0.39 is 0 Å². The van der Waals surface area contributed by atoms with Crippen molar-refractivity contribution in [3.63, 3.8) is 0 Å². The maximum Gasteiger partial charge on any atom is 0.220 e. The number of anilines is 1. The quantitative estimate of drug-likeness (QED) is 0.775. The molecule has 0 saturated heterocycles. The molecule has 2 saturated carbocycles. The molecule has 0 unspecified atom stereocenters. The fourth-order valence-corrected chi connectivity index (χ4v) is 3.30. The Morgan fingerprint density at radius 2 is 2.16 bits per heavy atom. The predicted molar refractivity (Wildman–Crippen MR) is 73.5 cm³/mol. The summed E-state index contributed by atoms with van der Waals surface area (Å²) in [5.74, 6) is 1.92. The van der Waals surface area contributed by atoms with Gasteiger partial charge < -0.3 is 11.1 Å². The maximum atomic E-state index is 11.9. The van der Waals surface area contributed by atoms with Gasteiger partial charge in [0.2, 0.25) is 5.91 Å². The lowest BCUT2D eigenvalue weighted by Gasteiger charge is -2.35. The SMILES string of the molecule is Nc1cc([C@H]2C[C@@H](NC(=O)CC3CCCC3)C2)n[nH]1. The Hall–Kier alpha value is -1.52. The highest BCUT2D eigenvalue weighted by Gasteiger charge is 2.33. The Labute approximate surface area is 113 Å². The highest BCUT2D eigenvalue weighted by atomic mass is 16.1.